The number of rotatable bonds is 4. The Morgan fingerprint density at radius 1 is 1.24 bits per heavy atom. The van der Waals surface area contributed by atoms with Crippen molar-refractivity contribution in [1.29, 1.82) is 0 Å². The highest BCUT2D eigenvalue weighted by molar-refractivity contribution is 5.84. The summed E-state index contributed by atoms with van der Waals surface area (Å²) in [6, 6.07) is 3.49. The Balaban J connectivity index is 2.99. The summed E-state index contributed by atoms with van der Waals surface area (Å²) < 4.78 is 16.3. The van der Waals surface area contributed by atoms with Crippen molar-refractivity contribution in [3.8, 4) is 11.7 Å². The van der Waals surface area contributed by atoms with E-state index in [0.717, 1.165) is 5.56 Å². The molecule has 0 bridgehead atoms. The number of allylic oxidation sites excluding steroid dienone is 1. The van der Waals surface area contributed by atoms with Crippen molar-refractivity contribution in [3.63, 3.8) is 0 Å². The lowest BCUT2D eigenvalue weighted by Crippen LogP contribution is -2.25. The summed E-state index contributed by atoms with van der Waals surface area (Å²) >= 11 is 0. The second-order valence-corrected chi connectivity index (χ2v) is 5.49. The van der Waals surface area contributed by atoms with E-state index in [-0.39, 0.29) is 11.4 Å². The van der Waals surface area contributed by atoms with Crippen LogP contribution in [0.4, 0.5) is 0 Å². The van der Waals surface area contributed by atoms with E-state index in [1.165, 1.54) is 7.11 Å². The van der Waals surface area contributed by atoms with Gasteiger partial charge in [0.2, 0.25) is 5.43 Å². The van der Waals surface area contributed by atoms with Gasteiger partial charge in [0.05, 0.1) is 25.2 Å². The molecule has 0 atom stereocenters. The molecule has 0 amide bonds. The minimum atomic E-state index is -0.560. The average Bonchev–Trinajstić information content (AvgIpc) is 2.46. The maximum absolute atomic E-state index is 13.0. The Bertz CT molecular complexity index is 753. The molecule has 0 unspecified atom stereocenters. The van der Waals surface area contributed by atoms with Crippen LogP contribution in [0, 0.1) is 6.92 Å². The number of benzene rings is 1. The maximum Gasteiger partial charge on any atom is 0.292 e. The molecule has 2 aromatic rings. The van der Waals surface area contributed by atoms with Gasteiger partial charge in [-0.25, -0.2) is 0 Å². The van der Waals surface area contributed by atoms with Gasteiger partial charge in [0.15, 0.2) is 0 Å². The quantitative estimate of drug-likeness (QED) is 0.807. The maximum atomic E-state index is 13.0. The summed E-state index contributed by atoms with van der Waals surface area (Å²) in [5, 5.41) is 0.514. The minimum Gasteiger partial charge on any atom is -0.496 e. The van der Waals surface area contributed by atoms with Gasteiger partial charge < -0.3 is 13.9 Å². The summed E-state index contributed by atoms with van der Waals surface area (Å²) in [4.78, 5) is 13.0. The number of aryl methyl sites for hydroxylation is 1. The van der Waals surface area contributed by atoms with Gasteiger partial charge >= 0.3 is 0 Å². The molecule has 1 aromatic carbocycles. The standard InChI is InChI=1S/C17H20O4/c1-7-17(3,4)14-15(18)13-10(2)11(19-5)8-9-12(13)21-16(14)20-6/h7-9H,1H2,2-6H3. The van der Waals surface area contributed by atoms with Crippen LogP contribution in [0.3, 0.4) is 0 Å². The smallest absolute Gasteiger partial charge is 0.292 e. The van der Waals surface area contributed by atoms with Crippen molar-refractivity contribution in [2.45, 2.75) is 26.2 Å². The highest BCUT2D eigenvalue weighted by Gasteiger charge is 2.29. The van der Waals surface area contributed by atoms with E-state index in [1.54, 1.807) is 25.3 Å². The lowest BCUT2D eigenvalue weighted by molar-refractivity contribution is 0.298. The van der Waals surface area contributed by atoms with E-state index < -0.39 is 5.41 Å². The Kier molecular flexibility index (Phi) is 3.81. The summed E-state index contributed by atoms with van der Waals surface area (Å²) in [6.45, 7) is 9.44. The fraction of sp³-hybridized carbons (Fsp3) is 0.353. The monoisotopic (exact) mass is 288 g/mol. The van der Waals surface area contributed by atoms with Gasteiger partial charge in [-0.05, 0) is 19.1 Å². The molecule has 1 aromatic heterocycles. The zero-order chi connectivity index (χ0) is 15.8. The Morgan fingerprint density at radius 2 is 1.90 bits per heavy atom. The van der Waals surface area contributed by atoms with Crippen LogP contribution in [0.1, 0.15) is 25.0 Å². The van der Waals surface area contributed by atoms with Crippen LogP contribution >= 0.6 is 0 Å². The van der Waals surface area contributed by atoms with Gasteiger partial charge in [-0.2, -0.15) is 0 Å². The zero-order valence-corrected chi connectivity index (χ0v) is 13.1. The summed E-state index contributed by atoms with van der Waals surface area (Å²) in [5.74, 6) is 0.879. The van der Waals surface area contributed by atoms with Crippen molar-refractivity contribution in [2.24, 2.45) is 0 Å². The second-order valence-electron chi connectivity index (χ2n) is 5.49. The first kappa shape index (κ1) is 15.2. The SMILES string of the molecule is C=CC(C)(C)c1c(OC)oc2ccc(OC)c(C)c2c1=O. The molecule has 0 aliphatic carbocycles. The molecule has 112 valence electrons. The number of hydrogen-bond acceptors (Lipinski definition) is 4. The molecule has 0 fully saturated rings. The number of ether oxygens (including phenoxy) is 2. The van der Waals surface area contributed by atoms with Gasteiger partial charge in [0.25, 0.3) is 5.95 Å². The van der Waals surface area contributed by atoms with E-state index in [0.29, 0.717) is 22.3 Å². The van der Waals surface area contributed by atoms with Gasteiger partial charge in [-0.15, -0.1) is 6.58 Å². The highest BCUT2D eigenvalue weighted by atomic mass is 16.6. The molecular formula is C17H20O4. The van der Waals surface area contributed by atoms with Crippen molar-refractivity contribution in [3.05, 3.63) is 46.1 Å². The summed E-state index contributed by atoms with van der Waals surface area (Å²) in [7, 11) is 3.07. The van der Waals surface area contributed by atoms with E-state index in [9.17, 15) is 4.79 Å². The third kappa shape index (κ3) is 2.31. The minimum absolute atomic E-state index is 0.116. The fourth-order valence-electron chi connectivity index (χ4n) is 2.43. The third-order valence-electron chi connectivity index (χ3n) is 3.80. The van der Waals surface area contributed by atoms with Crippen molar-refractivity contribution in [1.82, 2.24) is 0 Å². The molecule has 21 heavy (non-hydrogen) atoms. The van der Waals surface area contributed by atoms with Crippen LogP contribution in [-0.4, -0.2) is 14.2 Å². The van der Waals surface area contributed by atoms with E-state index in [4.69, 9.17) is 13.9 Å². The van der Waals surface area contributed by atoms with Crippen LogP contribution in [-0.2, 0) is 5.41 Å². The molecule has 4 heteroatoms. The van der Waals surface area contributed by atoms with Gasteiger partial charge in [0, 0.05) is 11.0 Å². The van der Waals surface area contributed by atoms with Crippen molar-refractivity contribution in [2.75, 3.05) is 14.2 Å². The number of fused-ring (bicyclic) bond motifs is 1. The molecule has 1 heterocycles. The van der Waals surface area contributed by atoms with E-state index in [2.05, 4.69) is 6.58 Å². The van der Waals surface area contributed by atoms with Crippen LogP contribution in [0.25, 0.3) is 11.0 Å². The molecule has 0 aliphatic heterocycles. The number of methoxy groups -OCH3 is 2. The first-order chi connectivity index (χ1) is 9.87. The first-order valence-corrected chi connectivity index (χ1v) is 6.69. The van der Waals surface area contributed by atoms with Gasteiger partial charge in [-0.3, -0.25) is 4.79 Å². The Morgan fingerprint density at radius 3 is 2.43 bits per heavy atom. The molecule has 0 radical (unpaired) electrons. The Hall–Kier alpha value is -2.23. The summed E-state index contributed by atoms with van der Waals surface area (Å²) in [5.41, 5.74) is 1.03. The lowest BCUT2D eigenvalue weighted by atomic mass is 9.84. The second kappa shape index (κ2) is 5.28. The Labute approximate surface area is 124 Å². The summed E-state index contributed by atoms with van der Waals surface area (Å²) in [6.07, 6.45) is 1.71. The normalized spacial score (nSPS) is 11.5. The predicted octanol–water partition coefficient (Wildman–Crippen LogP) is 3.58. The highest BCUT2D eigenvalue weighted by Crippen LogP contribution is 2.34. The predicted molar refractivity (Wildman–Crippen MR) is 83.5 cm³/mol. The zero-order valence-electron chi connectivity index (χ0n) is 13.1. The van der Waals surface area contributed by atoms with E-state index >= 15 is 0 Å². The molecule has 0 saturated carbocycles. The first-order valence-electron chi connectivity index (χ1n) is 6.69. The molecule has 2 rings (SSSR count). The van der Waals surface area contributed by atoms with Crippen LogP contribution in [0.5, 0.6) is 11.7 Å². The molecule has 0 spiro atoms. The van der Waals surface area contributed by atoms with Gasteiger partial charge in [-0.1, -0.05) is 19.9 Å². The molecule has 0 aliphatic rings. The molecule has 4 nitrogen and oxygen atoms in total. The van der Waals surface area contributed by atoms with Crippen LogP contribution in [0.2, 0.25) is 0 Å². The molecule has 0 saturated heterocycles. The van der Waals surface area contributed by atoms with Crippen LogP contribution < -0.4 is 14.9 Å². The van der Waals surface area contributed by atoms with E-state index in [1.807, 2.05) is 20.8 Å². The third-order valence-corrected chi connectivity index (χ3v) is 3.80. The van der Waals surface area contributed by atoms with Gasteiger partial charge in [0.1, 0.15) is 11.3 Å². The van der Waals surface area contributed by atoms with Crippen molar-refractivity contribution >= 4 is 11.0 Å². The average molecular weight is 288 g/mol. The molecular weight excluding hydrogens is 268 g/mol. The lowest BCUT2D eigenvalue weighted by Gasteiger charge is -2.22. The van der Waals surface area contributed by atoms with Crippen LogP contribution in [0.15, 0.2) is 34.0 Å². The van der Waals surface area contributed by atoms with Crippen molar-refractivity contribution < 1.29 is 13.9 Å². The number of hydrogen-bond donors (Lipinski definition) is 0. The largest absolute Gasteiger partial charge is 0.496 e. The topological polar surface area (TPSA) is 48.7 Å². The molecule has 0 N–H and O–H groups in total. The fourth-order valence-corrected chi connectivity index (χ4v) is 2.43.